The van der Waals surface area contributed by atoms with Gasteiger partial charge in [-0.1, -0.05) is 41.4 Å². The number of benzene rings is 2. The third-order valence-corrected chi connectivity index (χ3v) is 3.81. The first kappa shape index (κ1) is 14.9. The second-order valence-electron chi connectivity index (χ2n) is 4.99. The zero-order valence-electron chi connectivity index (χ0n) is 11.8. The monoisotopic (exact) mass is 333 g/mol. The standard InChI is InChI=1S/C17H13Cl2NO2/c1-10-17(14-4-2-3-5-15(14)20-10)16(21)9-22-13-7-11(18)6-12(19)8-13/h2-8,20H,9H2,1H3. The van der Waals surface area contributed by atoms with Gasteiger partial charge in [-0.25, -0.2) is 0 Å². The zero-order chi connectivity index (χ0) is 15.7. The van der Waals surface area contributed by atoms with E-state index in [1.54, 1.807) is 18.2 Å². The molecule has 3 rings (SSSR count). The molecule has 0 bridgehead atoms. The average Bonchev–Trinajstić information content (AvgIpc) is 2.79. The number of aromatic nitrogens is 1. The van der Waals surface area contributed by atoms with E-state index in [2.05, 4.69) is 4.98 Å². The van der Waals surface area contributed by atoms with Crippen molar-refractivity contribution in [3.63, 3.8) is 0 Å². The molecule has 1 heterocycles. The summed E-state index contributed by atoms with van der Waals surface area (Å²) >= 11 is 11.8. The van der Waals surface area contributed by atoms with Crippen LogP contribution in [0.25, 0.3) is 10.9 Å². The van der Waals surface area contributed by atoms with Crippen molar-refractivity contribution in [1.29, 1.82) is 0 Å². The van der Waals surface area contributed by atoms with Crippen molar-refractivity contribution in [2.45, 2.75) is 6.92 Å². The van der Waals surface area contributed by atoms with Crippen LogP contribution in [0.3, 0.4) is 0 Å². The topological polar surface area (TPSA) is 42.1 Å². The Bertz CT molecular complexity index is 835. The molecular weight excluding hydrogens is 321 g/mol. The Kier molecular flexibility index (Phi) is 4.10. The summed E-state index contributed by atoms with van der Waals surface area (Å²) in [5, 5.41) is 1.84. The Morgan fingerprint density at radius 2 is 1.82 bits per heavy atom. The first-order valence-electron chi connectivity index (χ1n) is 6.74. The van der Waals surface area contributed by atoms with Crippen molar-refractivity contribution in [2.75, 3.05) is 6.61 Å². The first-order valence-corrected chi connectivity index (χ1v) is 7.49. The van der Waals surface area contributed by atoms with Crippen LogP contribution in [0.5, 0.6) is 5.75 Å². The SMILES string of the molecule is Cc1[nH]c2ccccc2c1C(=O)COc1cc(Cl)cc(Cl)c1. The summed E-state index contributed by atoms with van der Waals surface area (Å²) in [6.07, 6.45) is 0. The van der Waals surface area contributed by atoms with Gasteiger partial charge in [0.15, 0.2) is 6.61 Å². The minimum atomic E-state index is -0.0916. The number of aromatic amines is 1. The molecule has 0 unspecified atom stereocenters. The maximum absolute atomic E-state index is 12.5. The van der Waals surface area contributed by atoms with E-state index in [9.17, 15) is 4.79 Å². The molecule has 0 saturated carbocycles. The van der Waals surface area contributed by atoms with Crippen LogP contribution < -0.4 is 4.74 Å². The summed E-state index contributed by atoms with van der Waals surface area (Å²) < 4.78 is 5.52. The van der Waals surface area contributed by atoms with Crippen LogP contribution in [0.4, 0.5) is 0 Å². The number of hydrogen-bond donors (Lipinski definition) is 1. The number of carbonyl (C=O) groups excluding carboxylic acids is 1. The van der Waals surface area contributed by atoms with E-state index in [0.717, 1.165) is 16.6 Å². The number of hydrogen-bond acceptors (Lipinski definition) is 2. The predicted molar refractivity (Wildman–Crippen MR) is 89.3 cm³/mol. The lowest BCUT2D eigenvalue weighted by Crippen LogP contribution is -2.12. The summed E-state index contributed by atoms with van der Waals surface area (Å²) in [5.41, 5.74) is 2.43. The fourth-order valence-electron chi connectivity index (χ4n) is 2.47. The van der Waals surface area contributed by atoms with Crippen molar-refractivity contribution in [1.82, 2.24) is 4.98 Å². The van der Waals surface area contributed by atoms with Crippen LogP contribution in [-0.2, 0) is 0 Å². The van der Waals surface area contributed by atoms with Gasteiger partial charge in [-0.2, -0.15) is 0 Å². The van der Waals surface area contributed by atoms with Gasteiger partial charge in [0.25, 0.3) is 0 Å². The molecule has 0 saturated heterocycles. The van der Waals surface area contributed by atoms with Gasteiger partial charge < -0.3 is 9.72 Å². The number of ether oxygens (including phenoxy) is 1. The molecule has 1 aromatic heterocycles. The van der Waals surface area contributed by atoms with Gasteiger partial charge in [-0.05, 0) is 31.2 Å². The van der Waals surface area contributed by atoms with E-state index < -0.39 is 0 Å². The van der Waals surface area contributed by atoms with E-state index in [1.165, 1.54) is 0 Å². The van der Waals surface area contributed by atoms with E-state index in [1.807, 2.05) is 31.2 Å². The summed E-state index contributed by atoms with van der Waals surface area (Å²) in [4.78, 5) is 15.7. The average molecular weight is 334 g/mol. The van der Waals surface area contributed by atoms with Gasteiger partial charge in [-0.15, -0.1) is 0 Å². The highest BCUT2D eigenvalue weighted by Gasteiger charge is 2.16. The smallest absolute Gasteiger partial charge is 0.202 e. The molecule has 0 aliphatic carbocycles. The summed E-state index contributed by atoms with van der Waals surface area (Å²) in [6, 6.07) is 12.6. The molecule has 0 aliphatic heterocycles. The van der Waals surface area contributed by atoms with Crippen LogP contribution in [0.2, 0.25) is 10.0 Å². The van der Waals surface area contributed by atoms with Crippen molar-refractivity contribution in [2.24, 2.45) is 0 Å². The molecule has 22 heavy (non-hydrogen) atoms. The molecular formula is C17H13Cl2NO2. The maximum atomic E-state index is 12.5. The van der Waals surface area contributed by atoms with Crippen LogP contribution in [0.15, 0.2) is 42.5 Å². The Morgan fingerprint density at radius 3 is 2.55 bits per heavy atom. The van der Waals surface area contributed by atoms with Crippen molar-refractivity contribution in [3.8, 4) is 5.75 Å². The van der Waals surface area contributed by atoms with E-state index in [4.69, 9.17) is 27.9 Å². The highest BCUT2D eigenvalue weighted by Crippen LogP contribution is 2.25. The Hall–Kier alpha value is -1.97. The number of nitrogens with one attached hydrogen (secondary N) is 1. The Morgan fingerprint density at radius 1 is 1.14 bits per heavy atom. The van der Waals surface area contributed by atoms with Crippen molar-refractivity contribution >= 4 is 39.9 Å². The quantitative estimate of drug-likeness (QED) is 0.679. The number of ketones is 1. The second kappa shape index (κ2) is 6.03. The largest absolute Gasteiger partial charge is 0.485 e. The van der Waals surface area contributed by atoms with Gasteiger partial charge in [-0.3, -0.25) is 4.79 Å². The molecule has 0 spiro atoms. The van der Waals surface area contributed by atoms with E-state index in [0.29, 0.717) is 21.4 Å². The van der Waals surface area contributed by atoms with Crippen molar-refractivity contribution < 1.29 is 9.53 Å². The second-order valence-corrected chi connectivity index (χ2v) is 5.86. The summed E-state index contributed by atoms with van der Waals surface area (Å²) in [5.74, 6) is 0.384. The lowest BCUT2D eigenvalue weighted by atomic mass is 10.1. The zero-order valence-corrected chi connectivity index (χ0v) is 13.3. The molecule has 1 N–H and O–H groups in total. The fourth-order valence-corrected chi connectivity index (χ4v) is 2.97. The molecule has 0 fully saturated rings. The molecule has 0 amide bonds. The highest BCUT2D eigenvalue weighted by molar-refractivity contribution is 6.34. The molecule has 112 valence electrons. The number of Topliss-reactive ketones (excluding diaryl/α,β-unsaturated/α-hetero) is 1. The van der Waals surface area contributed by atoms with E-state index >= 15 is 0 Å². The van der Waals surface area contributed by atoms with Crippen molar-refractivity contribution in [3.05, 3.63) is 63.8 Å². The number of rotatable bonds is 4. The third-order valence-electron chi connectivity index (χ3n) is 3.38. The Balaban J connectivity index is 1.83. The van der Waals surface area contributed by atoms with Crippen LogP contribution >= 0.6 is 23.2 Å². The summed E-state index contributed by atoms with van der Waals surface area (Å²) in [6.45, 7) is 1.81. The lowest BCUT2D eigenvalue weighted by Gasteiger charge is -2.07. The first-order chi connectivity index (χ1) is 10.5. The minimum absolute atomic E-state index is 0.0701. The fraction of sp³-hybridized carbons (Fsp3) is 0.118. The number of aryl methyl sites for hydroxylation is 1. The van der Waals surface area contributed by atoms with Gasteiger partial charge in [0.2, 0.25) is 5.78 Å². The van der Waals surface area contributed by atoms with Gasteiger partial charge in [0.1, 0.15) is 5.75 Å². The number of H-pyrrole nitrogens is 1. The molecule has 3 aromatic rings. The Labute approximate surface area is 137 Å². The number of halogens is 2. The van der Waals surface area contributed by atoms with Gasteiger partial charge in [0, 0.05) is 32.2 Å². The minimum Gasteiger partial charge on any atom is -0.485 e. The molecule has 0 radical (unpaired) electrons. The molecule has 0 atom stereocenters. The number of fused-ring (bicyclic) bond motifs is 1. The van der Waals surface area contributed by atoms with Crippen LogP contribution in [0, 0.1) is 6.92 Å². The van der Waals surface area contributed by atoms with Gasteiger partial charge in [0.05, 0.1) is 0 Å². The van der Waals surface area contributed by atoms with E-state index in [-0.39, 0.29) is 12.4 Å². The predicted octanol–water partition coefficient (Wildman–Crippen LogP) is 5.04. The number of para-hydroxylation sites is 1. The normalized spacial score (nSPS) is 10.9. The lowest BCUT2D eigenvalue weighted by molar-refractivity contribution is 0.0922. The van der Waals surface area contributed by atoms with Gasteiger partial charge >= 0.3 is 0 Å². The molecule has 2 aromatic carbocycles. The maximum Gasteiger partial charge on any atom is 0.202 e. The molecule has 0 aliphatic rings. The molecule has 3 nitrogen and oxygen atoms in total. The van der Waals surface area contributed by atoms with Crippen LogP contribution in [-0.4, -0.2) is 17.4 Å². The number of carbonyl (C=O) groups is 1. The van der Waals surface area contributed by atoms with Crippen LogP contribution in [0.1, 0.15) is 16.1 Å². The summed E-state index contributed by atoms with van der Waals surface area (Å²) in [7, 11) is 0. The highest BCUT2D eigenvalue weighted by atomic mass is 35.5. The third kappa shape index (κ3) is 2.96. The molecule has 5 heteroatoms.